The molecule has 1 fully saturated rings. The van der Waals surface area contributed by atoms with E-state index in [4.69, 9.17) is 11.6 Å². The van der Waals surface area contributed by atoms with E-state index in [1.54, 1.807) is 4.90 Å². The molecule has 0 aromatic heterocycles. The monoisotopic (exact) mass is 382 g/mol. The number of hydrogen-bond donors (Lipinski definition) is 0. The number of carbonyl (C=O) groups excluding carboxylic acids is 1. The van der Waals surface area contributed by atoms with Gasteiger partial charge in [0, 0.05) is 36.9 Å². The van der Waals surface area contributed by atoms with Crippen LogP contribution in [0.2, 0.25) is 5.02 Å². The number of guanidine groups is 1. The van der Waals surface area contributed by atoms with Crippen molar-refractivity contribution in [2.75, 3.05) is 36.0 Å². The quantitative estimate of drug-likeness (QED) is 0.797. The standard InChI is InChI=1S/C21H23ClN4O/c1-15-6-8-18(9-7-15)26-20(27)16(2)23-21(26)25-12-10-24(11-13-25)19-5-3-4-17(22)14-19/h3-9,14,16H,10-13H2,1-2H3. The lowest BCUT2D eigenvalue weighted by Gasteiger charge is -2.38. The van der Waals surface area contributed by atoms with Crippen LogP contribution < -0.4 is 9.80 Å². The number of carbonyl (C=O) groups is 1. The van der Waals surface area contributed by atoms with Crippen molar-refractivity contribution in [3.05, 3.63) is 59.1 Å². The highest BCUT2D eigenvalue weighted by Crippen LogP contribution is 2.26. The van der Waals surface area contributed by atoms with Gasteiger partial charge in [-0.1, -0.05) is 35.4 Å². The predicted octanol–water partition coefficient (Wildman–Crippen LogP) is 3.56. The third kappa shape index (κ3) is 3.52. The Morgan fingerprint density at radius 1 is 0.963 bits per heavy atom. The minimum Gasteiger partial charge on any atom is -0.368 e. The summed E-state index contributed by atoms with van der Waals surface area (Å²) in [4.78, 5) is 23.7. The summed E-state index contributed by atoms with van der Waals surface area (Å²) < 4.78 is 0. The first kappa shape index (κ1) is 17.9. The minimum absolute atomic E-state index is 0.0334. The molecule has 0 spiro atoms. The van der Waals surface area contributed by atoms with Crippen molar-refractivity contribution in [2.24, 2.45) is 4.99 Å². The van der Waals surface area contributed by atoms with Crippen molar-refractivity contribution in [3.8, 4) is 0 Å². The summed E-state index contributed by atoms with van der Waals surface area (Å²) in [6, 6.07) is 15.6. The molecule has 1 saturated heterocycles. The molecule has 2 aliphatic rings. The molecule has 0 saturated carbocycles. The van der Waals surface area contributed by atoms with E-state index in [1.807, 2.05) is 56.3 Å². The lowest BCUT2D eigenvalue weighted by molar-refractivity contribution is -0.117. The highest BCUT2D eigenvalue weighted by molar-refractivity contribution is 6.30. The summed E-state index contributed by atoms with van der Waals surface area (Å²) in [5, 5.41) is 0.750. The van der Waals surface area contributed by atoms with Gasteiger partial charge in [-0.25, -0.2) is 9.89 Å². The molecule has 0 radical (unpaired) electrons. The Hall–Kier alpha value is -2.53. The lowest BCUT2D eigenvalue weighted by Crippen LogP contribution is -2.53. The minimum atomic E-state index is -0.340. The zero-order valence-corrected chi connectivity index (χ0v) is 16.4. The first-order valence-corrected chi connectivity index (χ1v) is 9.64. The Balaban J connectivity index is 1.51. The second-order valence-electron chi connectivity index (χ2n) is 7.07. The highest BCUT2D eigenvalue weighted by Gasteiger charge is 2.36. The van der Waals surface area contributed by atoms with E-state index in [9.17, 15) is 4.79 Å². The number of anilines is 2. The van der Waals surface area contributed by atoms with Crippen molar-refractivity contribution in [3.63, 3.8) is 0 Å². The van der Waals surface area contributed by atoms with Crippen LogP contribution in [0.1, 0.15) is 12.5 Å². The molecule has 5 nitrogen and oxygen atoms in total. The van der Waals surface area contributed by atoms with Gasteiger partial charge in [0.25, 0.3) is 5.91 Å². The number of aryl methyl sites for hydroxylation is 1. The van der Waals surface area contributed by atoms with E-state index < -0.39 is 0 Å². The summed E-state index contributed by atoms with van der Waals surface area (Å²) >= 11 is 6.13. The van der Waals surface area contributed by atoms with Gasteiger partial charge in [-0.05, 0) is 44.2 Å². The third-order valence-electron chi connectivity index (χ3n) is 5.11. The molecule has 1 atom stereocenters. The maximum Gasteiger partial charge on any atom is 0.258 e. The van der Waals surface area contributed by atoms with Crippen LogP contribution in [0.15, 0.2) is 53.5 Å². The Morgan fingerprint density at radius 2 is 1.63 bits per heavy atom. The molecule has 27 heavy (non-hydrogen) atoms. The number of amides is 1. The molecule has 0 N–H and O–H groups in total. The van der Waals surface area contributed by atoms with Crippen molar-refractivity contribution < 1.29 is 4.79 Å². The number of aliphatic imine (C=N–C) groups is 1. The molecule has 2 aromatic rings. The molecule has 4 rings (SSSR count). The number of halogens is 1. The van der Waals surface area contributed by atoms with Crippen LogP contribution in [0.25, 0.3) is 0 Å². The van der Waals surface area contributed by atoms with Crippen molar-refractivity contribution in [2.45, 2.75) is 19.9 Å². The van der Waals surface area contributed by atoms with Crippen LogP contribution in [0.5, 0.6) is 0 Å². The molecule has 2 aliphatic heterocycles. The SMILES string of the molecule is Cc1ccc(N2C(=O)C(C)N=C2N2CCN(c3cccc(Cl)c3)CC2)cc1. The van der Waals surface area contributed by atoms with Crippen LogP contribution in [-0.2, 0) is 4.79 Å². The maximum atomic E-state index is 12.7. The Morgan fingerprint density at radius 3 is 2.30 bits per heavy atom. The number of nitrogens with zero attached hydrogens (tertiary/aromatic N) is 4. The van der Waals surface area contributed by atoms with Crippen LogP contribution in [-0.4, -0.2) is 49.0 Å². The average molecular weight is 383 g/mol. The normalized spacial score (nSPS) is 20.3. The summed E-state index contributed by atoms with van der Waals surface area (Å²) in [5.41, 5.74) is 3.19. The first-order valence-electron chi connectivity index (χ1n) is 9.27. The van der Waals surface area contributed by atoms with E-state index in [0.29, 0.717) is 0 Å². The van der Waals surface area contributed by atoms with Gasteiger partial charge in [0.15, 0.2) is 0 Å². The van der Waals surface area contributed by atoms with E-state index in [0.717, 1.165) is 48.5 Å². The van der Waals surface area contributed by atoms with Gasteiger partial charge in [0.1, 0.15) is 6.04 Å². The number of piperazine rings is 1. The van der Waals surface area contributed by atoms with Gasteiger partial charge in [0.05, 0.1) is 5.69 Å². The average Bonchev–Trinajstić information content (AvgIpc) is 2.97. The van der Waals surface area contributed by atoms with E-state index in [2.05, 4.69) is 20.9 Å². The summed E-state index contributed by atoms with van der Waals surface area (Å²) in [5.74, 6) is 0.799. The Bertz CT molecular complexity index is 872. The third-order valence-corrected chi connectivity index (χ3v) is 5.35. The zero-order chi connectivity index (χ0) is 19.0. The van der Waals surface area contributed by atoms with Gasteiger partial charge in [-0.2, -0.15) is 0 Å². The fraction of sp³-hybridized carbons (Fsp3) is 0.333. The lowest BCUT2D eigenvalue weighted by atomic mass is 10.2. The highest BCUT2D eigenvalue weighted by atomic mass is 35.5. The summed E-state index contributed by atoms with van der Waals surface area (Å²) in [6.07, 6.45) is 0. The summed E-state index contributed by atoms with van der Waals surface area (Å²) in [6.45, 7) is 7.26. The van der Waals surface area contributed by atoms with Crippen LogP contribution >= 0.6 is 11.6 Å². The second kappa shape index (κ2) is 7.24. The number of benzene rings is 2. The fourth-order valence-electron chi connectivity index (χ4n) is 3.57. The van der Waals surface area contributed by atoms with Gasteiger partial charge < -0.3 is 9.80 Å². The van der Waals surface area contributed by atoms with E-state index >= 15 is 0 Å². The topological polar surface area (TPSA) is 39.2 Å². The van der Waals surface area contributed by atoms with Gasteiger partial charge in [0.2, 0.25) is 5.96 Å². The van der Waals surface area contributed by atoms with Crippen LogP contribution in [0, 0.1) is 6.92 Å². The van der Waals surface area contributed by atoms with E-state index in [-0.39, 0.29) is 11.9 Å². The number of hydrogen-bond acceptors (Lipinski definition) is 4. The van der Waals surface area contributed by atoms with E-state index in [1.165, 1.54) is 5.56 Å². The van der Waals surface area contributed by atoms with Gasteiger partial charge in [-0.15, -0.1) is 0 Å². The molecule has 1 unspecified atom stereocenters. The molecule has 0 aliphatic carbocycles. The zero-order valence-electron chi connectivity index (χ0n) is 15.6. The first-order chi connectivity index (χ1) is 13.0. The molecular weight excluding hydrogens is 360 g/mol. The van der Waals surface area contributed by atoms with Crippen molar-refractivity contribution >= 4 is 34.8 Å². The van der Waals surface area contributed by atoms with Gasteiger partial charge in [-0.3, -0.25) is 4.79 Å². The predicted molar refractivity (Wildman–Crippen MR) is 111 cm³/mol. The largest absolute Gasteiger partial charge is 0.368 e. The summed E-state index contributed by atoms with van der Waals surface area (Å²) in [7, 11) is 0. The van der Waals surface area contributed by atoms with Crippen molar-refractivity contribution in [1.29, 1.82) is 0 Å². The molecule has 6 heteroatoms. The smallest absolute Gasteiger partial charge is 0.258 e. The van der Waals surface area contributed by atoms with Crippen molar-refractivity contribution in [1.82, 2.24) is 4.90 Å². The van der Waals surface area contributed by atoms with Crippen LogP contribution in [0.4, 0.5) is 11.4 Å². The number of rotatable bonds is 2. The molecule has 140 valence electrons. The van der Waals surface area contributed by atoms with Gasteiger partial charge >= 0.3 is 0 Å². The molecule has 2 aromatic carbocycles. The Kier molecular flexibility index (Phi) is 4.79. The molecule has 0 bridgehead atoms. The Labute approximate surface area is 164 Å². The fourth-order valence-corrected chi connectivity index (χ4v) is 3.75. The molecular formula is C21H23ClN4O. The molecule has 2 heterocycles. The van der Waals surface area contributed by atoms with Crippen LogP contribution in [0.3, 0.4) is 0 Å². The second-order valence-corrected chi connectivity index (χ2v) is 7.50. The maximum absolute atomic E-state index is 12.7. The molecule has 1 amide bonds.